The van der Waals surface area contributed by atoms with Gasteiger partial charge in [0, 0.05) is 26.2 Å². The molecule has 0 unspecified atom stereocenters. The SMILES string of the molecule is CN1CCN(C(=O)OCCC2CCCC2)CC1. The van der Waals surface area contributed by atoms with Crippen LogP contribution in [-0.4, -0.2) is 55.7 Å². The Kier molecular flexibility index (Phi) is 4.66. The summed E-state index contributed by atoms with van der Waals surface area (Å²) in [5.74, 6) is 0.801. The van der Waals surface area contributed by atoms with Gasteiger partial charge in [-0.25, -0.2) is 4.79 Å². The van der Waals surface area contributed by atoms with Gasteiger partial charge >= 0.3 is 6.09 Å². The third kappa shape index (κ3) is 3.87. The quantitative estimate of drug-likeness (QED) is 0.756. The third-order valence-corrected chi connectivity index (χ3v) is 3.99. The standard InChI is InChI=1S/C13H24N2O2/c1-14-7-9-15(10-8-14)13(16)17-11-6-12-4-2-3-5-12/h12H,2-11H2,1H3. The largest absolute Gasteiger partial charge is 0.449 e. The zero-order valence-electron chi connectivity index (χ0n) is 10.9. The molecule has 1 saturated heterocycles. The van der Waals surface area contributed by atoms with E-state index in [0.29, 0.717) is 6.61 Å². The number of nitrogens with zero attached hydrogens (tertiary/aromatic N) is 2. The molecule has 0 aromatic rings. The molecule has 0 aromatic carbocycles. The third-order valence-electron chi connectivity index (χ3n) is 3.99. The van der Waals surface area contributed by atoms with Crippen LogP contribution in [0.15, 0.2) is 0 Å². The van der Waals surface area contributed by atoms with Crippen molar-refractivity contribution in [1.29, 1.82) is 0 Å². The number of carbonyl (C=O) groups excluding carboxylic acids is 1. The lowest BCUT2D eigenvalue weighted by atomic mass is 10.1. The maximum Gasteiger partial charge on any atom is 0.409 e. The first-order chi connectivity index (χ1) is 8.25. The molecule has 2 rings (SSSR count). The fourth-order valence-electron chi connectivity index (χ4n) is 2.69. The Labute approximate surface area is 104 Å². The van der Waals surface area contributed by atoms with Gasteiger partial charge in [0.05, 0.1) is 6.61 Å². The number of piperazine rings is 1. The molecular weight excluding hydrogens is 216 g/mol. The summed E-state index contributed by atoms with van der Waals surface area (Å²) in [6.07, 6.45) is 6.31. The maximum absolute atomic E-state index is 11.8. The molecule has 98 valence electrons. The van der Waals surface area contributed by atoms with Gasteiger partial charge in [-0.1, -0.05) is 25.7 Å². The zero-order valence-corrected chi connectivity index (χ0v) is 10.9. The molecular formula is C13H24N2O2. The second-order valence-electron chi connectivity index (χ2n) is 5.34. The summed E-state index contributed by atoms with van der Waals surface area (Å²) in [5.41, 5.74) is 0. The molecule has 1 amide bonds. The normalized spacial score (nSPS) is 23.0. The van der Waals surface area contributed by atoms with E-state index in [4.69, 9.17) is 4.74 Å². The highest BCUT2D eigenvalue weighted by molar-refractivity contribution is 5.67. The lowest BCUT2D eigenvalue weighted by Gasteiger charge is -2.31. The van der Waals surface area contributed by atoms with E-state index < -0.39 is 0 Å². The van der Waals surface area contributed by atoms with Gasteiger partial charge in [-0.05, 0) is 19.4 Å². The first kappa shape index (κ1) is 12.7. The Bertz CT molecular complexity index is 244. The average Bonchev–Trinajstić information content (AvgIpc) is 2.83. The molecule has 0 N–H and O–H groups in total. The minimum atomic E-state index is -0.115. The van der Waals surface area contributed by atoms with Crippen molar-refractivity contribution in [2.75, 3.05) is 39.8 Å². The van der Waals surface area contributed by atoms with E-state index >= 15 is 0 Å². The van der Waals surface area contributed by atoms with Crippen LogP contribution in [0.4, 0.5) is 4.79 Å². The van der Waals surface area contributed by atoms with E-state index in [2.05, 4.69) is 11.9 Å². The molecule has 2 fully saturated rings. The lowest BCUT2D eigenvalue weighted by Crippen LogP contribution is -2.47. The van der Waals surface area contributed by atoms with Gasteiger partial charge < -0.3 is 14.5 Å². The number of rotatable bonds is 3. The summed E-state index contributed by atoms with van der Waals surface area (Å²) < 4.78 is 5.35. The number of hydrogen-bond acceptors (Lipinski definition) is 3. The summed E-state index contributed by atoms with van der Waals surface area (Å²) in [4.78, 5) is 15.8. The first-order valence-corrected chi connectivity index (χ1v) is 6.86. The summed E-state index contributed by atoms with van der Waals surface area (Å²) >= 11 is 0. The summed E-state index contributed by atoms with van der Waals surface area (Å²) in [7, 11) is 2.09. The predicted octanol–water partition coefficient (Wildman–Crippen LogP) is 1.95. The highest BCUT2D eigenvalue weighted by Crippen LogP contribution is 2.27. The first-order valence-electron chi connectivity index (χ1n) is 6.86. The van der Waals surface area contributed by atoms with Gasteiger partial charge in [-0.3, -0.25) is 0 Å². The van der Waals surface area contributed by atoms with Crippen molar-refractivity contribution >= 4 is 6.09 Å². The molecule has 1 aliphatic carbocycles. The van der Waals surface area contributed by atoms with Gasteiger partial charge in [0.25, 0.3) is 0 Å². The molecule has 0 atom stereocenters. The Morgan fingerprint density at radius 3 is 2.47 bits per heavy atom. The second-order valence-corrected chi connectivity index (χ2v) is 5.34. The van der Waals surface area contributed by atoms with E-state index in [1.165, 1.54) is 25.7 Å². The minimum absolute atomic E-state index is 0.115. The Morgan fingerprint density at radius 1 is 1.18 bits per heavy atom. The molecule has 4 nitrogen and oxygen atoms in total. The monoisotopic (exact) mass is 240 g/mol. The molecule has 1 aliphatic heterocycles. The van der Waals surface area contributed by atoms with Crippen LogP contribution >= 0.6 is 0 Å². The van der Waals surface area contributed by atoms with E-state index in [-0.39, 0.29) is 6.09 Å². The van der Waals surface area contributed by atoms with Crippen molar-refractivity contribution < 1.29 is 9.53 Å². The van der Waals surface area contributed by atoms with E-state index in [0.717, 1.165) is 38.5 Å². The van der Waals surface area contributed by atoms with E-state index in [9.17, 15) is 4.79 Å². The van der Waals surface area contributed by atoms with Crippen molar-refractivity contribution in [3.8, 4) is 0 Å². The molecule has 1 heterocycles. The molecule has 0 bridgehead atoms. The van der Waals surface area contributed by atoms with Crippen LogP contribution in [0.5, 0.6) is 0 Å². The number of hydrogen-bond donors (Lipinski definition) is 0. The van der Waals surface area contributed by atoms with Crippen LogP contribution in [0, 0.1) is 5.92 Å². The van der Waals surface area contributed by atoms with Crippen LogP contribution in [0.3, 0.4) is 0 Å². The van der Waals surface area contributed by atoms with Crippen molar-refractivity contribution in [1.82, 2.24) is 9.80 Å². The number of carbonyl (C=O) groups is 1. The van der Waals surface area contributed by atoms with Crippen LogP contribution in [0.25, 0.3) is 0 Å². The molecule has 2 aliphatic rings. The van der Waals surface area contributed by atoms with Crippen LogP contribution in [-0.2, 0) is 4.74 Å². The molecule has 1 saturated carbocycles. The topological polar surface area (TPSA) is 32.8 Å². The minimum Gasteiger partial charge on any atom is -0.449 e. The van der Waals surface area contributed by atoms with E-state index in [1.54, 1.807) is 0 Å². The Balaban J connectivity index is 1.60. The molecule has 0 spiro atoms. The number of likely N-dealkylation sites (N-methyl/N-ethyl adjacent to an activating group) is 1. The Morgan fingerprint density at radius 2 is 1.82 bits per heavy atom. The molecule has 4 heteroatoms. The van der Waals surface area contributed by atoms with Gasteiger partial charge in [-0.15, -0.1) is 0 Å². The Hall–Kier alpha value is -0.770. The smallest absolute Gasteiger partial charge is 0.409 e. The fourth-order valence-corrected chi connectivity index (χ4v) is 2.69. The number of ether oxygens (including phenoxy) is 1. The summed E-state index contributed by atoms with van der Waals surface area (Å²) in [6, 6.07) is 0. The molecule has 0 aromatic heterocycles. The predicted molar refractivity (Wildman–Crippen MR) is 67.0 cm³/mol. The van der Waals surface area contributed by atoms with Crippen LogP contribution in [0.1, 0.15) is 32.1 Å². The van der Waals surface area contributed by atoms with Gasteiger partial charge in [-0.2, -0.15) is 0 Å². The van der Waals surface area contributed by atoms with E-state index in [1.807, 2.05) is 4.90 Å². The highest BCUT2D eigenvalue weighted by atomic mass is 16.6. The summed E-state index contributed by atoms with van der Waals surface area (Å²) in [5, 5.41) is 0. The van der Waals surface area contributed by atoms with Crippen molar-refractivity contribution in [3.05, 3.63) is 0 Å². The van der Waals surface area contributed by atoms with Crippen LogP contribution < -0.4 is 0 Å². The zero-order chi connectivity index (χ0) is 12.1. The van der Waals surface area contributed by atoms with Gasteiger partial charge in [0.1, 0.15) is 0 Å². The van der Waals surface area contributed by atoms with Gasteiger partial charge in [0.15, 0.2) is 0 Å². The van der Waals surface area contributed by atoms with Gasteiger partial charge in [0.2, 0.25) is 0 Å². The average molecular weight is 240 g/mol. The second kappa shape index (κ2) is 6.24. The molecule has 17 heavy (non-hydrogen) atoms. The number of amides is 1. The lowest BCUT2D eigenvalue weighted by molar-refractivity contribution is 0.0779. The fraction of sp³-hybridized carbons (Fsp3) is 0.923. The highest BCUT2D eigenvalue weighted by Gasteiger charge is 2.21. The van der Waals surface area contributed by atoms with Crippen molar-refractivity contribution in [2.24, 2.45) is 5.92 Å². The van der Waals surface area contributed by atoms with Crippen molar-refractivity contribution in [2.45, 2.75) is 32.1 Å². The molecule has 0 radical (unpaired) electrons. The van der Waals surface area contributed by atoms with Crippen LogP contribution in [0.2, 0.25) is 0 Å². The van der Waals surface area contributed by atoms with Crippen molar-refractivity contribution in [3.63, 3.8) is 0 Å². The summed E-state index contributed by atoms with van der Waals surface area (Å²) in [6.45, 7) is 4.13. The maximum atomic E-state index is 11.8.